The molecule has 3 aromatic rings. The highest BCUT2D eigenvalue weighted by Gasteiger charge is 2.19. The third-order valence-corrected chi connectivity index (χ3v) is 8.05. The van der Waals surface area contributed by atoms with E-state index in [1.54, 1.807) is 6.08 Å². The Hall–Kier alpha value is -4.81. The zero-order valence-corrected chi connectivity index (χ0v) is 29.1. The standard InChI is InChI=1S/C36H43N7O2.C2H6/c1-7-27(30-10-8-11-31(25(30)2)39-35(45)28-12-14-29(15-13-28)36(4,5)6)24-32(26(3)44)38-33-16-17-34(41-40-33)43-22-20-42(21-23-43)19-9-18-37;1-2/h7-8,10-17,24H,9,19-23H2,1-6H3,(H,38,40)(H,39,45);1-2H3/b27-7+,32-24+;. The summed E-state index contributed by atoms with van der Waals surface area (Å²) in [6.45, 7) is 20.0. The lowest BCUT2D eigenvalue weighted by Crippen LogP contribution is -2.46. The molecule has 1 fully saturated rings. The van der Waals surface area contributed by atoms with Crippen LogP contribution in [0.1, 0.15) is 81.9 Å². The highest BCUT2D eigenvalue weighted by molar-refractivity contribution is 6.05. The van der Waals surface area contributed by atoms with Crippen molar-refractivity contribution in [3.8, 4) is 6.07 Å². The van der Waals surface area contributed by atoms with Gasteiger partial charge in [-0.3, -0.25) is 14.5 Å². The molecule has 2 heterocycles. The lowest BCUT2D eigenvalue weighted by molar-refractivity contribution is -0.113. The van der Waals surface area contributed by atoms with E-state index in [1.165, 1.54) is 12.5 Å². The Balaban J connectivity index is 0.00000294. The number of nitrogens with one attached hydrogen (secondary N) is 2. The predicted octanol–water partition coefficient (Wildman–Crippen LogP) is 7.39. The second kappa shape index (κ2) is 17.2. The van der Waals surface area contributed by atoms with E-state index in [-0.39, 0.29) is 17.1 Å². The van der Waals surface area contributed by atoms with Gasteiger partial charge in [0.2, 0.25) is 0 Å². The highest BCUT2D eigenvalue weighted by atomic mass is 16.1. The molecule has 0 unspecified atom stereocenters. The number of carbonyl (C=O) groups is 2. The number of ketones is 1. The lowest BCUT2D eigenvalue weighted by atomic mass is 9.86. The van der Waals surface area contributed by atoms with Gasteiger partial charge in [0, 0.05) is 57.3 Å². The van der Waals surface area contributed by atoms with Gasteiger partial charge in [-0.15, -0.1) is 10.2 Å². The van der Waals surface area contributed by atoms with Gasteiger partial charge in [-0.05, 0) is 77.9 Å². The van der Waals surface area contributed by atoms with E-state index in [0.717, 1.165) is 55.2 Å². The molecule has 0 atom stereocenters. The predicted molar refractivity (Wildman–Crippen MR) is 193 cm³/mol. The second-order valence-corrected chi connectivity index (χ2v) is 12.3. The zero-order chi connectivity index (χ0) is 34.6. The Morgan fingerprint density at radius 3 is 2.19 bits per heavy atom. The molecule has 2 aromatic carbocycles. The average Bonchev–Trinajstić information content (AvgIpc) is 3.08. The number of aromatic nitrogens is 2. The number of rotatable bonds is 10. The Bertz CT molecular complexity index is 1600. The minimum absolute atomic E-state index is 0.00989. The molecule has 0 spiro atoms. The van der Waals surface area contributed by atoms with Crippen LogP contribution < -0.4 is 15.5 Å². The molecule has 1 aliphatic rings. The van der Waals surface area contributed by atoms with Crippen molar-refractivity contribution in [1.29, 1.82) is 5.26 Å². The first kappa shape index (κ1) is 36.7. The third kappa shape index (κ3) is 10.1. The van der Waals surface area contributed by atoms with E-state index in [4.69, 9.17) is 5.26 Å². The highest BCUT2D eigenvalue weighted by Crippen LogP contribution is 2.28. The van der Waals surface area contributed by atoms with Gasteiger partial charge in [0.25, 0.3) is 5.91 Å². The number of piperazine rings is 1. The summed E-state index contributed by atoms with van der Waals surface area (Å²) in [6, 6.07) is 19.4. The zero-order valence-electron chi connectivity index (χ0n) is 29.1. The minimum Gasteiger partial charge on any atom is -0.353 e. The van der Waals surface area contributed by atoms with Gasteiger partial charge >= 0.3 is 0 Å². The van der Waals surface area contributed by atoms with Crippen LogP contribution in [0.25, 0.3) is 5.57 Å². The monoisotopic (exact) mass is 635 g/mol. The summed E-state index contributed by atoms with van der Waals surface area (Å²) in [5.74, 6) is 0.929. The maximum atomic E-state index is 13.1. The molecule has 1 aromatic heterocycles. The van der Waals surface area contributed by atoms with Crippen LogP contribution in [0.4, 0.5) is 17.3 Å². The quantitative estimate of drug-likeness (QED) is 0.175. The number of nitrogens with zero attached hydrogens (tertiary/aromatic N) is 5. The van der Waals surface area contributed by atoms with Crippen LogP contribution in [0.3, 0.4) is 0 Å². The van der Waals surface area contributed by atoms with E-state index in [1.807, 2.05) is 88.4 Å². The maximum absolute atomic E-state index is 13.1. The largest absolute Gasteiger partial charge is 0.353 e. The molecule has 1 amide bonds. The smallest absolute Gasteiger partial charge is 0.255 e. The summed E-state index contributed by atoms with van der Waals surface area (Å²) in [5, 5.41) is 23.8. The number of carbonyl (C=O) groups excluding carboxylic acids is 2. The minimum atomic E-state index is -0.178. The van der Waals surface area contributed by atoms with Crippen LogP contribution in [-0.2, 0) is 10.2 Å². The fourth-order valence-corrected chi connectivity index (χ4v) is 5.20. The summed E-state index contributed by atoms with van der Waals surface area (Å²) in [6.07, 6.45) is 4.28. The molecular weight excluding hydrogens is 586 g/mol. The van der Waals surface area contributed by atoms with Crippen molar-refractivity contribution in [2.45, 2.75) is 67.2 Å². The molecule has 9 nitrogen and oxygen atoms in total. The van der Waals surface area contributed by atoms with E-state index < -0.39 is 0 Å². The molecule has 47 heavy (non-hydrogen) atoms. The van der Waals surface area contributed by atoms with Crippen LogP contribution >= 0.6 is 0 Å². The van der Waals surface area contributed by atoms with Crippen molar-refractivity contribution < 1.29 is 9.59 Å². The van der Waals surface area contributed by atoms with Gasteiger partial charge < -0.3 is 15.5 Å². The summed E-state index contributed by atoms with van der Waals surface area (Å²) in [7, 11) is 0. The number of nitriles is 1. The molecule has 1 aliphatic heterocycles. The van der Waals surface area contributed by atoms with Crippen LogP contribution in [0.5, 0.6) is 0 Å². The summed E-state index contributed by atoms with van der Waals surface area (Å²) >= 11 is 0. The average molecular weight is 636 g/mol. The Labute approximate surface area is 280 Å². The van der Waals surface area contributed by atoms with Crippen molar-refractivity contribution in [3.05, 3.63) is 94.7 Å². The normalized spacial score (nSPS) is 14.1. The van der Waals surface area contributed by atoms with E-state index >= 15 is 0 Å². The molecule has 0 aliphatic carbocycles. The van der Waals surface area contributed by atoms with E-state index in [2.05, 4.69) is 57.5 Å². The topological polar surface area (TPSA) is 114 Å². The number of hydrogen-bond acceptors (Lipinski definition) is 8. The first-order valence-electron chi connectivity index (χ1n) is 16.4. The van der Waals surface area contributed by atoms with Crippen molar-refractivity contribution >= 4 is 34.6 Å². The summed E-state index contributed by atoms with van der Waals surface area (Å²) in [5.41, 5.74) is 5.47. The van der Waals surface area contributed by atoms with Gasteiger partial charge in [-0.25, -0.2) is 0 Å². The van der Waals surface area contributed by atoms with Crippen molar-refractivity contribution in [1.82, 2.24) is 15.1 Å². The number of amides is 1. The SMILES string of the molecule is C/C=C(\C=C(\Nc1ccc(N2CCN(CCC#N)CC2)nn1)C(C)=O)c1cccc(NC(=O)c2ccc(C(C)(C)C)cc2)c1C.CC. The van der Waals surface area contributed by atoms with Crippen LogP contribution in [-0.4, -0.2) is 59.5 Å². The van der Waals surface area contributed by atoms with Gasteiger partial charge in [0.05, 0.1) is 11.8 Å². The molecule has 2 N–H and O–H groups in total. The fraction of sp³-hybridized carbons (Fsp3) is 0.395. The first-order chi connectivity index (χ1) is 22.5. The third-order valence-electron chi connectivity index (χ3n) is 8.05. The van der Waals surface area contributed by atoms with Gasteiger partial charge in [0.15, 0.2) is 17.4 Å². The molecule has 9 heteroatoms. The number of hydrogen-bond donors (Lipinski definition) is 2. The number of allylic oxidation sites excluding steroid dienone is 4. The van der Waals surface area contributed by atoms with Crippen LogP contribution in [0.15, 0.2) is 72.4 Å². The Morgan fingerprint density at radius 2 is 1.64 bits per heavy atom. The molecular formula is C38H49N7O2. The Morgan fingerprint density at radius 1 is 0.957 bits per heavy atom. The second-order valence-electron chi connectivity index (χ2n) is 12.3. The van der Waals surface area contributed by atoms with Crippen molar-refractivity contribution in [2.24, 2.45) is 0 Å². The lowest BCUT2D eigenvalue weighted by Gasteiger charge is -2.34. The van der Waals surface area contributed by atoms with Gasteiger partial charge in [-0.1, -0.05) is 65.0 Å². The molecule has 248 valence electrons. The van der Waals surface area contributed by atoms with E-state index in [0.29, 0.717) is 29.2 Å². The summed E-state index contributed by atoms with van der Waals surface area (Å²) < 4.78 is 0. The van der Waals surface area contributed by atoms with Crippen molar-refractivity contribution in [3.63, 3.8) is 0 Å². The Kier molecular flexibility index (Phi) is 13.4. The maximum Gasteiger partial charge on any atom is 0.255 e. The van der Waals surface area contributed by atoms with Gasteiger partial charge in [-0.2, -0.15) is 5.26 Å². The molecule has 0 bridgehead atoms. The van der Waals surface area contributed by atoms with Crippen LogP contribution in [0.2, 0.25) is 0 Å². The fourth-order valence-electron chi connectivity index (χ4n) is 5.20. The molecule has 1 saturated heterocycles. The summed E-state index contributed by atoms with van der Waals surface area (Å²) in [4.78, 5) is 30.3. The first-order valence-corrected chi connectivity index (χ1v) is 16.4. The molecule has 0 saturated carbocycles. The van der Waals surface area contributed by atoms with Crippen molar-refractivity contribution in [2.75, 3.05) is 48.3 Å². The van der Waals surface area contributed by atoms with E-state index in [9.17, 15) is 9.59 Å². The number of benzene rings is 2. The van der Waals surface area contributed by atoms with Gasteiger partial charge in [0.1, 0.15) is 0 Å². The van der Waals surface area contributed by atoms with Crippen LogP contribution in [0, 0.1) is 18.3 Å². The number of anilines is 3. The number of Topliss-reactive ketones (excluding diaryl/α,β-unsaturated/α-hetero) is 1. The molecule has 4 rings (SSSR count). The molecule has 0 radical (unpaired) electrons.